The van der Waals surface area contributed by atoms with Crippen molar-refractivity contribution in [3.05, 3.63) is 87.4 Å². The second-order valence-corrected chi connectivity index (χ2v) is 7.47. The number of rotatable bonds is 8. The molecule has 2 unspecified atom stereocenters. The van der Waals surface area contributed by atoms with Gasteiger partial charge >= 0.3 is 0 Å². The fraction of sp³-hybridized carbons (Fsp3) is 0.182. The molecule has 0 amide bonds. The Morgan fingerprint density at radius 3 is 1.80 bits per heavy atom. The molecule has 3 aromatic rings. The van der Waals surface area contributed by atoms with Crippen molar-refractivity contribution in [2.75, 3.05) is 23.7 Å². The maximum absolute atomic E-state index is 10.4. The molecule has 8 heteroatoms. The summed E-state index contributed by atoms with van der Waals surface area (Å²) in [6.07, 6.45) is -1.54. The average molecular weight is 443 g/mol. The Balaban J connectivity index is 1.63. The molecule has 1 heterocycles. The highest BCUT2D eigenvalue weighted by Gasteiger charge is 2.12. The van der Waals surface area contributed by atoms with E-state index in [1.807, 2.05) is 0 Å². The smallest absolute Gasteiger partial charge is 0.146 e. The highest BCUT2D eigenvalue weighted by atomic mass is 35.5. The van der Waals surface area contributed by atoms with Gasteiger partial charge in [0.15, 0.2) is 0 Å². The molecule has 0 saturated heterocycles. The van der Waals surface area contributed by atoms with Crippen LogP contribution in [-0.2, 0) is 0 Å². The van der Waals surface area contributed by atoms with Crippen LogP contribution in [0.5, 0.6) is 0 Å². The first-order valence-electron chi connectivity index (χ1n) is 9.22. The number of benzene rings is 2. The van der Waals surface area contributed by atoms with Crippen molar-refractivity contribution in [2.24, 2.45) is 0 Å². The lowest BCUT2D eigenvalue weighted by Gasteiger charge is -2.16. The van der Waals surface area contributed by atoms with Crippen LogP contribution in [0.2, 0.25) is 10.0 Å². The second kappa shape index (κ2) is 10.3. The number of aliphatic hydroxyl groups excluding tert-OH is 2. The molecule has 0 spiro atoms. The first kappa shape index (κ1) is 21.9. The first-order valence-corrected chi connectivity index (χ1v) is 9.98. The van der Waals surface area contributed by atoms with Gasteiger partial charge in [-0.05, 0) is 47.5 Å². The number of nitrogens with zero attached hydrogens (tertiary/aromatic N) is 2. The molecule has 0 fully saturated rings. The van der Waals surface area contributed by atoms with E-state index in [4.69, 9.17) is 23.2 Å². The van der Waals surface area contributed by atoms with Gasteiger partial charge in [-0.15, -0.1) is 0 Å². The Morgan fingerprint density at radius 2 is 1.30 bits per heavy atom. The molecular formula is C22H20Cl2N4O2. The molecule has 154 valence electrons. The van der Waals surface area contributed by atoms with Crippen molar-refractivity contribution >= 4 is 34.8 Å². The summed E-state index contributed by atoms with van der Waals surface area (Å²) < 4.78 is 0. The van der Waals surface area contributed by atoms with Crippen LogP contribution in [0, 0.1) is 11.3 Å². The van der Waals surface area contributed by atoms with Crippen LogP contribution < -0.4 is 10.6 Å². The van der Waals surface area contributed by atoms with Crippen LogP contribution in [0.3, 0.4) is 0 Å². The molecule has 0 radical (unpaired) electrons. The van der Waals surface area contributed by atoms with E-state index in [0.717, 1.165) is 5.56 Å². The lowest BCUT2D eigenvalue weighted by molar-refractivity contribution is 0.191. The van der Waals surface area contributed by atoms with Crippen LogP contribution in [0.25, 0.3) is 0 Å². The third-order valence-corrected chi connectivity index (χ3v) is 4.97. The molecule has 4 N–H and O–H groups in total. The Labute approximate surface area is 184 Å². The molecule has 0 bridgehead atoms. The van der Waals surface area contributed by atoms with E-state index < -0.39 is 12.2 Å². The number of hydrogen-bond acceptors (Lipinski definition) is 6. The predicted molar refractivity (Wildman–Crippen MR) is 119 cm³/mol. The summed E-state index contributed by atoms with van der Waals surface area (Å²) in [7, 11) is 0. The number of nitrogens with one attached hydrogen (secondary N) is 2. The molecule has 3 rings (SSSR count). The highest BCUT2D eigenvalue weighted by Crippen LogP contribution is 2.21. The topological polar surface area (TPSA) is 101 Å². The van der Waals surface area contributed by atoms with Crippen molar-refractivity contribution in [1.82, 2.24) is 4.98 Å². The fourth-order valence-electron chi connectivity index (χ4n) is 2.78. The Morgan fingerprint density at radius 1 is 0.800 bits per heavy atom. The van der Waals surface area contributed by atoms with Gasteiger partial charge in [-0.2, -0.15) is 5.26 Å². The van der Waals surface area contributed by atoms with Crippen molar-refractivity contribution in [3.63, 3.8) is 0 Å². The monoisotopic (exact) mass is 442 g/mol. The van der Waals surface area contributed by atoms with E-state index in [0.29, 0.717) is 32.8 Å². The van der Waals surface area contributed by atoms with Gasteiger partial charge in [0, 0.05) is 23.1 Å². The zero-order chi connectivity index (χ0) is 21.5. The van der Waals surface area contributed by atoms with Gasteiger partial charge in [-0.3, -0.25) is 0 Å². The number of hydrogen-bond donors (Lipinski definition) is 4. The van der Waals surface area contributed by atoms with E-state index in [1.165, 1.54) is 0 Å². The minimum absolute atomic E-state index is 0.167. The van der Waals surface area contributed by atoms with E-state index in [9.17, 15) is 15.5 Å². The van der Waals surface area contributed by atoms with Gasteiger partial charge in [0.25, 0.3) is 0 Å². The van der Waals surface area contributed by atoms with Crippen molar-refractivity contribution in [1.29, 1.82) is 5.26 Å². The number of nitriles is 1. The van der Waals surface area contributed by atoms with Crippen molar-refractivity contribution in [3.8, 4) is 6.07 Å². The molecule has 1 aromatic heterocycles. The normalized spacial score (nSPS) is 12.6. The summed E-state index contributed by atoms with van der Waals surface area (Å²) in [6.45, 7) is 0.396. The zero-order valence-corrected chi connectivity index (χ0v) is 17.4. The molecule has 0 aliphatic carbocycles. The summed E-state index contributed by atoms with van der Waals surface area (Å²) in [5.41, 5.74) is 1.78. The van der Waals surface area contributed by atoms with E-state index >= 15 is 0 Å². The first-order chi connectivity index (χ1) is 14.5. The molecule has 30 heavy (non-hydrogen) atoms. The van der Waals surface area contributed by atoms with Gasteiger partial charge in [0.05, 0.1) is 17.8 Å². The Hall–Kier alpha value is -2.82. The number of anilines is 2. The van der Waals surface area contributed by atoms with Gasteiger partial charge in [-0.1, -0.05) is 47.5 Å². The van der Waals surface area contributed by atoms with Gasteiger partial charge in [-0.25, -0.2) is 4.98 Å². The van der Waals surface area contributed by atoms with E-state index in [1.54, 1.807) is 60.7 Å². The number of aliphatic hydroxyl groups is 2. The Bertz CT molecular complexity index is 1020. The maximum atomic E-state index is 10.4. The summed E-state index contributed by atoms with van der Waals surface area (Å²) in [5.74, 6) is 0.835. The second-order valence-electron chi connectivity index (χ2n) is 6.60. The summed E-state index contributed by atoms with van der Waals surface area (Å²) in [6, 6.07) is 19.2. The average Bonchev–Trinajstić information content (AvgIpc) is 2.76. The zero-order valence-electron chi connectivity index (χ0n) is 15.9. The van der Waals surface area contributed by atoms with Crippen LogP contribution in [0.1, 0.15) is 28.9 Å². The van der Waals surface area contributed by atoms with Gasteiger partial charge < -0.3 is 20.8 Å². The summed E-state index contributed by atoms with van der Waals surface area (Å²) in [5, 5.41) is 37.3. The summed E-state index contributed by atoms with van der Waals surface area (Å²) >= 11 is 11.7. The molecule has 0 aliphatic heterocycles. The van der Waals surface area contributed by atoms with Gasteiger partial charge in [0.1, 0.15) is 17.7 Å². The standard InChI is InChI=1S/C22H20Cl2N4O2/c23-17-6-1-14(2-7-17)19(29)12-26-21-10-5-16(11-25)22(28-21)27-13-20(30)15-3-8-18(24)9-4-15/h1-10,19-20,29-30H,12-13H2,(H2,26,27,28). The largest absolute Gasteiger partial charge is 0.387 e. The Kier molecular flexibility index (Phi) is 7.50. The minimum Gasteiger partial charge on any atom is -0.387 e. The summed E-state index contributed by atoms with van der Waals surface area (Å²) in [4.78, 5) is 4.39. The molecule has 2 aromatic carbocycles. The van der Waals surface area contributed by atoms with E-state index in [-0.39, 0.29) is 13.1 Å². The number of pyridine rings is 1. The van der Waals surface area contributed by atoms with E-state index in [2.05, 4.69) is 21.7 Å². The van der Waals surface area contributed by atoms with Crippen molar-refractivity contribution in [2.45, 2.75) is 12.2 Å². The van der Waals surface area contributed by atoms with Crippen LogP contribution >= 0.6 is 23.2 Å². The minimum atomic E-state index is -0.793. The highest BCUT2D eigenvalue weighted by molar-refractivity contribution is 6.30. The van der Waals surface area contributed by atoms with Gasteiger partial charge in [0.2, 0.25) is 0 Å². The third kappa shape index (κ3) is 5.85. The quantitative estimate of drug-likeness (QED) is 0.408. The maximum Gasteiger partial charge on any atom is 0.146 e. The molecule has 0 saturated carbocycles. The fourth-order valence-corrected chi connectivity index (χ4v) is 3.03. The molecule has 2 atom stereocenters. The van der Waals surface area contributed by atoms with Crippen molar-refractivity contribution < 1.29 is 10.2 Å². The van der Waals surface area contributed by atoms with Crippen LogP contribution in [-0.4, -0.2) is 28.3 Å². The number of halogens is 2. The SMILES string of the molecule is N#Cc1ccc(NCC(O)c2ccc(Cl)cc2)nc1NCC(O)c1ccc(Cl)cc1. The van der Waals surface area contributed by atoms with Crippen LogP contribution in [0.15, 0.2) is 60.7 Å². The lowest BCUT2D eigenvalue weighted by Crippen LogP contribution is -2.16. The molecule has 0 aliphatic rings. The molecular weight excluding hydrogens is 423 g/mol. The third-order valence-electron chi connectivity index (χ3n) is 4.46. The van der Waals surface area contributed by atoms with Crippen LogP contribution in [0.4, 0.5) is 11.6 Å². The lowest BCUT2D eigenvalue weighted by atomic mass is 10.1. The number of aromatic nitrogens is 1. The molecule has 6 nitrogen and oxygen atoms in total. The predicted octanol–water partition coefficient (Wildman–Crippen LogP) is 4.55.